The summed E-state index contributed by atoms with van der Waals surface area (Å²) >= 11 is 6.02. The molecule has 0 aliphatic carbocycles. The second-order valence-corrected chi connectivity index (χ2v) is 7.77. The number of hydrogen-bond acceptors (Lipinski definition) is 8. The van der Waals surface area contributed by atoms with Gasteiger partial charge in [0.1, 0.15) is 29.7 Å². The van der Waals surface area contributed by atoms with E-state index in [1.807, 2.05) is 0 Å². The standard InChI is InChI=1S/C22H16ClN5O7/c1-13-6-17(2-4-20(13)23)34-19-8-14(7-15(9-19)27(30)31)25-22(29)21-5-3-18(35-21)12-26-11-16(10-24-26)28(32)33/h2-11H,12H2,1H3,(H,25,29). The zero-order chi connectivity index (χ0) is 25.1. The van der Waals surface area contributed by atoms with Crippen LogP contribution in [0.25, 0.3) is 0 Å². The van der Waals surface area contributed by atoms with Crippen molar-refractivity contribution in [1.82, 2.24) is 9.78 Å². The summed E-state index contributed by atoms with van der Waals surface area (Å²) in [6.45, 7) is 1.86. The molecule has 2 aromatic heterocycles. The van der Waals surface area contributed by atoms with Crippen molar-refractivity contribution in [3.8, 4) is 11.5 Å². The number of nitrogens with zero attached hydrogens (tertiary/aromatic N) is 4. The van der Waals surface area contributed by atoms with Gasteiger partial charge in [-0.15, -0.1) is 0 Å². The van der Waals surface area contributed by atoms with Gasteiger partial charge in [-0.2, -0.15) is 5.10 Å². The van der Waals surface area contributed by atoms with Crippen molar-refractivity contribution in [3.05, 3.63) is 103 Å². The Labute approximate surface area is 202 Å². The molecular weight excluding hydrogens is 482 g/mol. The maximum atomic E-state index is 12.7. The first-order valence-electron chi connectivity index (χ1n) is 9.98. The molecule has 1 N–H and O–H groups in total. The minimum Gasteiger partial charge on any atom is -0.457 e. The molecule has 0 fully saturated rings. The normalized spacial score (nSPS) is 10.7. The number of amides is 1. The second-order valence-electron chi connectivity index (χ2n) is 7.36. The molecule has 12 nitrogen and oxygen atoms in total. The van der Waals surface area contributed by atoms with Crippen LogP contribution >= 0.6 is 11.6 Å². The highest BCUT2D eigenvalue weighted by molar-refractivity contribution is 6.31. The fourth-order valence-electron chi connectivity index (χ4n) is 3.11. The van der Waals surface area contributed by atoms with Gasteiger partial charge in [-0.3, -0.25) is 29.7 Å². The third-order valence-corrected chi connectivity index (χ3v) is 5.18. The van der Waals surface area contributed by atoms with Gasteiger partial charge in [0.2, 0.25) is 0 Å². The minimum atomic E-state index is -0.656. The fourth-order valence-corrected chi connectivity index (χ4v) is 3.22. The molecule has 4 rings (SSSR count). The maximum absolute atomic E-state index is 12.7. The molecule has 0 bridgehead atoms. The molecule has 0 atom stereocenters. The number of halogens is 1. The Morgan fingerprint density at radius 3 is 2.54 bits per heavy atom. The van der Waals surface area contributed by atoms with Crippen molar-refractivity contribution in [2.45, 2.75) is 13.5 Å². The van der Waals surface area contributed by atoms with E-state index in [1.54, 1.807) is 25.1 Å². The number of furan rings is 1. The van der Waals surface area contributed by atoms with Gasteiger partial charge in [0, 0.05) is 17.2 Å². The number of ether oxygens (including phenoxy) is 1. The number of nitro benzene ring substituents is 1. The first-order valence-corrected chi connectivity index (χ1v) is 10.4. The van der Waals surface area contributed by atoms with Crippen LogP contribution in [0.3, 0.4) is 0 Å². The lowest BCUT2D eigenvalue weighted by atomic mass is 10.2. The Balaban J connectivity index is 1.50. The van der Waals surface area contributed by atoms with Gasteiger partial charge in [0.25, 0.3) is 11.6 Å². The van der Waals surface area contributed by atoms with Gasteiger partial charge in [0.15, 0.2) is 5.76 Å². The van der Waals surface area contributed by atoms with Crippen LogP contribution in [0.4, 0.5) is 17.1 Å². The van der Waals surface area contributed by atoms with Crippen molar-refractivity contribution in [2.24, 2.45) is 0 Å². The molecule has 2 aromatic carbocycles. The summed E-state index contributed by atoms with van der Waals surface area (Å²) in [6.07, 6.45) is 2.33. The van der Waals surface area contributed by atoms with E-state index in [1.165, 1.54) is 41.2 Å². The minimum absolute atomic E-state index is 0.0658. The van der Waals surface area contributed by atoms with Crippen molar-refractivity contribution in [2.75, 3.05) is 5.32 Å². The summed E-state index contributed by atoms with van der Waals surface area (Å²) in [7, 11) is 0. The number of nitrogens with one attached hydrogen (secondary N) is 1. The van der Waals surface area contributed by atoms with E-state index in [-0.39, 0.29) is 35.1 Å². The first kappa shape index (κ1) is 23.4. The average Bonchev–Trinajstić information content (AvgIpc) is 3.46. The Morgan fingerprint density at radius 1 is 1.09 bits per heavy atom. The molecule has 4 aromatic rings. The Hall–Kier alpha value is -4.71. The van der Waals surface area contributed by atoms with E-state index < -0.39 is 15.8 Å². The Kier molecular flexibility index (Phi) is 6.46. The molecular formula is C22H16ClN5O7. The number of hydrogen-bond donors (Lipinski definition) is 1. The SMILES string of the molecule is Cc1cc(Oc2cc(NC(=O)c3ccc(Cn4cc([N+](=O)[O-])cn4)o3)cc([N+](=O)[O-])c2)ccc1Cl. The van der Waals surface area contributed by atoms with Crippen LogP contribution in [-0.4, -0.2) is 25.5 Å². The molecule has 0 aliphatic heterocycles. The highest BCUT2D eigenvalue weighted by Gasteiger charge is 2.17. The molecule has 0 saturated heterocycles. The summed E-state index contributed by atoms with van der Waals surface area (Å²) in [5.74, 6) is 0.158. The summed E-state index contributed by atoms with van der Waals surface area (Å²) in [4.78, 5) is 33.6. The monoisotopic (exact) mass is 497 g/mol. The van der Waals surface area contributed by atoms with Crippen molar-refractivity contribution < 1.29 is 23.8 Å². The predicted octanol–water partition coefficient (Wildman–Crippen LogP) is 5.35. The molecule has 0 aliphatic rings. The van der Waals surface area contributed by atoms with Crippen LogP contribution in [-0.2, 0) is 6.54 Å². The summed E-state index contributed by atoms with van der Waals surface area (Å²) in [5.41, 5.74) is 0.419. The van der Waals surface area contributed by atoms with E-state index in [0.717, 1.165) is 11.8 Å². The number of aromatic nitrogens is 2. The van der Waals surface area contributed by atoms with Gasteiger partial charge in [-0.05, 0) is 42.8 Å². The van der Waals surface area contributed by atoms with Gasteiger partial charge in [-0.25, -0.2) is 0 Å². The fraction of sp³-hybridized carbons (Fsp3) is 0.0909. The van der Waals surface area contributed by atoms with Gasteiger partial charge in [0.05, 0.1) is 28.1 Å². The second kappa shape index (κ2) is 9.65. The third kappa shape index (κ3) is 5.62. The highest BCUT2D eigenvalue weighted by Crippen LogP contribution is 2.31. The molecule has 2 heterocycles. The van der Waals surface area contributed by atoms with Crippen LogP contribution in [0.2, 0.25) is 5.02 Å². The Morgan fingerprint density at radius 2 is 1.86 bits per heavy atom. The summed E-state index contributed by atoms with van der Waals surface area (Å²) in [6, 6.07) is 11.7. The van der Waals surface area contributed by atoms with Crippen molar-refractivity contribution in [3.63, 3.8) is 0 Å². The van der Waals surface area contributed by atoms with E-state index in [0.29, 0.717) is 16.5 Å². The van der Waals surface area contributed by atoms with Gasteiger partial charge < -0.3 is 14.5 Å². The van der Waals surface area contributed by atoms with Gasteiger partial charge in [-0.1, -0.05) is 11.6 Å². The van der Waals surface area contributed by atoms with Gasteiger partial charge >= 0.3 is 5.69 Å². The van der Waals surface area contributed by atoms with Crippen molar-refractivity contribution in [1.29, 1.82) is 0 Å². The smallest absolute Gasteiger partial charge is 0.307 e. The number of benzene rings is 2. The molecule has 0 radical (unpaired) electrons. The lowest BCUT2D eigenvalue weighted by Crippen LogP contribution is -2.11. The topological polar surface area (TPSA) is 156 Å². The van der Waals surface area contributed by atoms with E-state index in [2.05, 4.69) is 10.4 Å². The van der Waals surface area contributed by atoms with E-state index in [4.69, 9.17) is 20.8 Å². The molecule has 35 heavy (non-hydrogen) atoms. The quantitative estimate of drug-likeness (QED) is 0.252. The van der Waals surface area contributed by atoms with Crippen molar-refractivity contribution >= 4 is 34.6 Å². The summed E-state index contributed by atoms with van der Waals surface area (Å²) < 4.78 is 12.5. The van der Waals surface area contributed by atoms with E-state index in [9.17, 15) is 25.0 Å². The Bertz CT molecular complexity index is 1450. The number of non-ortho nitro benzene ring substituents is 1. The molecule has 178 valence electrons. The molecule has 13 heteroatoms. The van der Waals surface area contributed by atoms with Crippen LogP contribution < -0.4 is 10.1 Å². The molecule has 0 saturated carbocycles. The first-order chi connectivity index (χ1) is 16.7. The number of aryl methyl sites for hydroxylation is 1. The van der Waals surface area contributed by atoms with E-state index >= 15 is 0 Å². The number of carbonyl (C=O) groups is 1. The number of nitro groups is 2. The predicted molar refractivity (Wildman–Crippen MR) is 124 cm³/mol. The third-order valence-electron chi connectivity index (χ3n) is 4.76. The number of carbonyl (C=O) groups excluding carboxylic acids is 1. The lowest BCUT2D eigenvalue weighted by molar-refractivity contribution is -0.385. The maximum Gasteiger partial charge on any atom is 0.307 e. The number of anilines is 1. The largest absolute Gasteiger partial charge is 0.457 e. The van der Waals surface area contributed by atoms with Crippen LogP contribution in [0.5, 0.6) is 11.5 Å². The number of rotatable bonds is 8. The highest BCUT2D eigenvalue weighted by atomic mass is 35.5. The molecule has 1 amide bonds. The van der Waals surface area contributed by atoms with Crippen LogP contribution in [0.1, 0.15) is 21.9 Å². The average molecular weight is 498 g/mol. The summed E-state index contributed by atoms with van der Waals surface area (Å²) in [5, 5.41) is 29.1. The molecule has 0 spiro atoms. The zero-order valence-corrected chi connectivity index (χ0v) is 18.8. The lowest BCUT2D eigenvalue weighted by Gasteiger charge is -2.10. The van der Waals surface area contributed by atoms with Crippen LogP contribution in [0, 0.1) is 27.2 Å². The molecule has 0 unspecified atom stereocenters. The zero-order valence-electron chi connectivity index (χ0n) is 18.0. The van der Waals surface area contributed by atoms with Crippen LogP contribution in [0.15, 0.2) is 65.3 Å².